The van der Waals surface area contributed by atoms with Crippen LogP contribution in [-0.2, 0) is 20.9 Å². The number of anilines is 2. The van der Waals surface area contributed by atoms with Gasteiger partial charge in [0.05, 0.1) is 18.7 Å². The van der Waals surface area contributed by atoms with Gasteiger partial charge in [0.25, 0.3) is 5.91 Å². The molecule has 2 amide bonds. The third kappa shape index (κ3) is 3.79. The molecule has 0 saturated carbocycles. The van der Waals surface area contributed by atoms with E-state index in [9.17, 15) is 18.4 Å². The van der Waals surface area contributed by atoms with Crippen LogP contribution in [0.3, 0.4) is 0 Å². The topological polar surface area (TPSA) is 85.2 Å². The summed E-state index contributed by atoms with van der Waals surface area (Å²) in [5.41, 5.74) is 2.27. The summed E-state index contributed by atoms with van der Waals surface area (Å²) < 4.78 is 33.0. The van der Waals surface area contributed by atoms with E-state index in [0.29, 0.717) is 28.3 Å². The molecule has 30 heavy (non-hydrogen) atoms. The highest BCUT2D eigenvalue weighted by Crippen LogP contribution is 2.39. The second kappa shape index (κ2) is 8.03. The molecule has 7 nitrogen and oxygen atoms in total. The van der Waals surface area contributed by atoms with E-state index in [1.165, 1.54) is 48.2 Å². The van der Waals surface area contributed by atoms with Crippen LogP contribution in [0.4, 0.5) is 20.3 Å². The fourth-order valence-corrected chi connectivity index (χ4v) is 3.40. The minimum Gasteiger partial charge on any atom is -0.378 e. The van der Waals surface area contributed by atoms with Crippen LogP contribution in [0.25, 0.3) is 11.1 Å². The normalized spacial score (nSPS) is 15.0. The Labute approximate surface area is 170 Å². The van der Waals surface area contributed by atoms with E-state index in [-0.39, 0.29) is 24.8 Å². The number of hydrogen-bond acceptors (Lipinski definition) is 4. The molecule has 1 aromatic heterocycles. The summed E-state index contributed by atoms with van der Waals surface area (Å²) in [6, 6.07) is 10.3. The molecule has 9 heteroatoms. The molecule has 0 bridgehead atoms. The number of benzene rings is 2. The minimum atomic E-state index is -0.856. The van der Waals surface area contributed by atoms with E-state index in [4.69, 9.17) is 4.74 Å². The first-order valence-electron chi connectivity index (χ1n) is 9.19. The number of halogens is 2. The maximum Gasteiger partial charge on any atom is 0.251 e. The highest BCUT2D eigenvalue weighted by atomic mass is 19.1. The van der Waals surface area contributed by atoms with Crippen LogP contribution in [0.15, 0.2) is 48.5 Å². The molecule has 0 aliphatic carbocycles. The fraction of sp³-hybridized carbons (Fsp3) is 0.190. The molecular formula is C21H18F2N4O3. The third-order valence-corrected chi connectivity index (χ3v) is 4.74. The molecule has 1 aliphatic rings. The Balaban J connectivity index is 1.61. The summed E-state index contributed by atoms with van der Waals surface area (Å²) in [5, 5.41) is 9.87. The maximum absolute atomic E-state index is 13.3. The molecule has 2 aromatic carbocycles. The van der Waals surface area contributed by atoms with Gasteiger partial charge in [-0.25, -0.2) is 13.5 Å². The molecule has 2 heterocycles. The highest BCUT2D eigenvalue weighted by Gasteiger charge is 2.37. The molecule has 0 spiro atoms. The third-order valence-electron chi connectivity index (χ3n) is 4.74. The van der Waals surface area contributed by atoms with E-state index in [1.54, 1.807) is 12.1 Å². The second-order valence-corrected chi connectivity index (χ2v) is 6.82. The van der Waals surface area contributed by atoms with Gasteiger partial charge in [-0.2, -0.15) is 5.10 Å². The van der Waals surface area contributed by atoms with Crippen molar-refractivity contribution in [1.29, 1.82) is 0 Å². The zero-order valence-electron chi connectivity index (χ0n) is 16.0. The summed E-state index contributed by atoms with van der Waals surface area (Å²) in [7, 11) is 1.52. The molecule has 0 radical (unpaired) electrons. The molecule has 1 atom stereocenters. The van der Waals surface area contributed by atoms with Crippen LogP contribution in [0.1, 0.15) is 18.2 Å². The van der Waals surface area contributed by atoms with Gasteiger partial charge in [-0.1, -0.05) is 12.1 Å². The molecule has 3 aromatic rings. The summed E-state index contributed by atoms with van der Waals surface area (Å²) in [5.74, 6) is -1.15. The van der Waals surface area contributed by atoms with Gasteiger partial charge in [-0.3, -0.25) is 9.59 Å². The van der Waals surface area contributed by atoms with E-state index < -0.39 is 17.8 Å². The number of fused-ring (bicyclic) bond motifs is 1. The Morgan fingerprint density at radius 2 is 1.77 bits per heavy atom. The monoisotopic (exact) mass is 412 g/mol. The lowest BCUT2D eigenvalue weighted by atomic mass is 10.1. The van der Waals surface area contributed by atoms with Gasteiger partial charge < -0.3 is 15.4 Å². The number of ether oxygens (including phenoxy) is 1. The SMILES string of the molecule is COCc1nn2c(c1-c1ccc(F)cc1)NC(=O)C2CC(=O)Nc1ccc(F)cc1. The van der Waals surface area contributed by atoms with Gasteiger partial charge in [-0.15, -0.1) is 0 Å². The largest absolute Gasteiger partial charge is 0.378 e. The van der Waals surface area contributed by atoms with E-state index in [1.807, 2.05) is 0 Å². The first-order valence-corrected chi connectivity index (χ1v) is 9.19. The lowest BCUT2D eigenvalue weighted by Gasteiger charge is -2.10. The Morgan fingerprint density at radius 3 is 2.40 bits per heavy atom. The molecule has 0 saturated heterocycles. The molecule has 0 fully saturated rings. The summed E-state index contributed by atoms with van der Waals surface area (Å²) in [6.45, 7) is 0.178. The average Bonchev–Trinajstić information content (AvgIpc) is 3.20. The number of amides is 2. The van der Waals surface area contributed by atoms with Crippen molar-refractivity contribution in [1.82, 2.24) is 9.78 Å². The fourth-order valence-electron chi connectivity index (χ4n) is 3.40. The number of hydrogen-bond donors (Lipinski definition) is 2. The van der Waals surface area contributed by atoms with E-state index >= 15 is 0 Å². The van der Waals surface area contributed by atoms with Gasteiger partial charge in [0, 0.05) is 18.4 Å². The molecular weight excluding hydrogens is 394 g/mol. The van der Waals surface area contributed by atoms with Crippen LogP contribution in [0.5, 0.6) is 0 Å². The van der Waals surface area contributed by atoms with Crippen molar-refractivity contribution < 1.29 is 23.1 Å². The number of aromatic nitrogens is 2. The van der Waals surface area contributed by atoms with Crippen molar-refractivity contribution in [2.24, 2.45) is 0 Å². The number of nitrogens with one attached hydrogen (secondary N) is 2. The number of carbonyl (C=O) groups excluding carboxylic acids is 2. The van der Waals surface area contributed by atoms with Crippen molar-refractivity contribution >= 4 is 23.3 Å². The summed E-state index contributed by atoms with van der Waals surface area (Å²) >= 11 is 0. The van der Waals surface area contributed by atoms with Crippen molar-refractivity contribution in [2.45, 2.75) is 19.1 Å². The Kier molecular flexibility index (Phi) is 5.28. The lowest BCUT2D eigenvalue weighted by Crippen LogP contribution is -2.24. The molecule has 154 valence electrons. The predicted octanol–water partition coefficient (Wildman–Crippen LogP) is 3.50. The van der Waals surface area contributed by atoms with E-state index in [2.05, 4.69) is 15.7 Å². The van der Waals surface area contributed by atoms with Gasteiger partial charge in [0.2, 0.25) is 5.91 Å². The molecule has 2 N–H and O–H groups in total. The van der Waals surface area contributed by atoms with Crippen LogP contribution in [0, 0.1) is 11.6 Å². The second-order valence-electron chi connectivity index (χ2n) is 6.82. The number of nitrogens with zero attached hydrogens (tertiary/aromatic N) is 2. The standard InChI is InChI=1S/C21H18F2N4O3/c1-30-11-16-19(12-2-4-13(22)5-3-12)20-25-21(29)17(27(20)26-16)10-18(28)24-15-8-6-14(23)7-9-15/h2-9,17H,10-11H2,1H3,(H,24,28)(H,25,29). The quantitative estimate of drug-likeness (QED) is 0.649. The molecule has 1 aliphatic heterocycles. The average molecular weight is 412 g/mol. The van der Waals surface area contributed by atoms with Gasteiger partial charge >= 0.3 is 0 Å². The van der Waals surface area contributed by atoms with Crippen molar-refractivity contribution in [3.8, 4) is 11.1 Å². The van der Waals surface area contributed by atoms with Crippen LogP contribution < -0.4 is 10.6 Å². The van der Waals surface area contributed by atoms with Crippen LogP contribution >= 0.6 is 0 Å². The zero-order valence-corrected chi connectivity index (χ0v) is 16.0. The van der Waals surface area contributed by atoms with Crippen molar-refractivity contribution in [2.75, 3.05) is 17.7 Å². The first-order chi connectivity index (χ1) is 14.5. The van der Waals surface area contributed by atoms with Crippen molar-refractivity contribution in [3.63, 3.8) is 0 Å². The van der Waals surface area contributed by atoms with Crippen LogP contribution in [0.2, 0.25) is 0 Å². The first kappa shape index (κ1) is 19.7. The van der Waals surface area contributed by atoms with Gasteiger partial charge in [-0.05, 0) is 42.0 Å². The summed E-state index contributed by atoms with van der Waals surface area (Å²) in [6.07, 6.45) is -0.160. The van der Waals surface area contributed by atoms with Crippen LogP contribution in [-0.4, -0.2) is 28.7 Å². The number of carbonyl (C=O) groups is 2. The predicted molar refractivity (Wildman–Crippen MR) is 106 cm³/mol. The Hall–Kier alpha value is -3.59. The zero-order chi connectivity index (χ0) is 21.3. The van der Waals surface area contributed by atoms with Gasteiger partial charge in [0.15, 0.2) is 0 Å². The highest BCUT2D eigenvalue weighted by molar-refractivity contribution is 6.04. The smallest absolute Gasteiger partial charge is 0.251 e. The molecule has 1 unspecified atom stereocenters. The van der Waals surface area contributed by atoms with Gasteiger partial charge in [0.1, 0.15) is 23.5 Å². The number of rotatable bonds is 6. The Morgan fingerprint density at radius 1 is 1.13 bits per heavy atom. The van der Waals surface area contributed by atoms with Crippen molar-refractivity contribution in [3.05, 3.63) is 65.9 Å². The maximum atomic E-state index is 13.3. The molecule has 4 rings (SSSR count). The van der Waals surface area contributed by atoms with E-state index in [0.717, 1.165) is 0 Å². The minimum absolute atomic E-state index is 0.160. The summed E-state index contributed by atoms with van der Waals surface area (Å²) in [4.78, 5) is 25.0. The Bertz CT molecular complexity index is 1090. The number of methoxy groups -OCH3 is 1. The lowest BCUT2D eigenvalue weighted by molar-refractivity contribution is -0.123.